The second-order valence-corrected chi connectivity index (χ2v) is 4.29. The lowest BCUT2D eigenvalue weighted by Crippen LogP contribution is -2.16. The Bertz CT molecular complexity index is 230. The predicted molar refractivity (Wildman–Crippen MR) is 60.3 cm³/mol. The SMILES string of the molecule is C=CCC(C)CCOCC(C)O[SH](=O)=O. The molecule has 4 nitrogen and oxygen atoms in total. The lowest BCUT2D eigenvalue weighted by molar-refractivity contribution is 0.0578. The van der Waals surface area contributed by atoms with Crippen LogP contribution < -0.4 is 0 Å². The van der Waals surface area contributed by atoms with Crippen LogP contribution in [0.25, 0.3) is 0 Å². The molecule has 0 aliphatic rings. The Morgan fingerprint density at radius 3 is 2.60 bits per heavy atom. The summed E-state index contributed by atoms with van der Waals surface area (Å²) in [5.74, 6) is 0.551. The van der Waals surface area contributed by atoms with Gasteiger partial charge in [-0.3, -0.25) is 4.18 Å². The van der Waals surface area contributed by atoms with Crippen molar-refractivity contribution in [1.82, 2.24) is 0 Å². The smallest absolute Gasteiger partial charge is 0.257 e. The summed E-state index contributed by atoms with van der Waals surface area (Å²) in [5, 5.41) is 0. The molecule has 2 unspecified atom stereocenters. The van der Waals surface area contributed by atoms with Gasteiger partial charge >= 0.3 is 0 Å². The lowest BCUT2D eigenvalue weighted by Gasteiger charge is -2.11. The fourth-order valence-corrected chi connectivity index (χ4v) is 1.47. The van der Waals surface area contributed by atoms with Gasteiger partial charge in [-0.1, -0.05) is 13.0 Å². The van der Waals surface area contributed by atoms with E-state index >= 15 is 0 Å². The summed E-state index contributed by atoms with van der Waals surface area (Å²) in [5.41, 5.74) is 0. The van der Waals surface area contributed by atoms with Crippen molar-refractivity contribution in [2.45, 2.75) is 32.8 Å². The van der Waals surface area contributed by atoms with E-state index in [1.807, 2.05) is 6.08 Å². The molecule has 0 N–H and O–H groups in total. The van der Waals surface area contributed by atoms with Crippen molar-refractivity contribution in [3.63, 3.8) is 0 Å². The Morgan fingerprint density at radius 2 is 2.07 bits per heavy atom. The molecule has 0 radical (unpaired) electrons. The van der Waals surface area contributed by atoms with E-state index in [-0.39, 0.29) is 0 Å². The van der Waals surface area contributed by atoms with Crippen molar-refractivity contribution in [3.05, 3.63) is 12.7 Å². The van der Waals surface area contributed by atoms with Crippen LogP contribution in [0.2, 0.25) is 0 Å². The minimum Gasteiger partial charge on any atom is -0.379 e. The van der Waals surface area contributed by atoms with Crippen LogP contribution in [0.15, 0.2) is 12.7 Å². The van der Waals surface area contributed by atoms with Gasteiger partial charge in [0.05, 0.1) is 12.7 Å². The second-order valence-electron chi connectivity index (χ2n) is 3.63. The van der Waals surface area contributed by atoms with Crippen molar-refractivity contribution in [3.8, 4) is 0 Å². The first-order valence-electron chi connectivity index (χ1n) is 5.06. The quantitative estimate of drug-likeness (QED) is 0.375. The largest absolute Gasteiger partial charge is 0.379 e. The standard InChI is InChI=1S/C10H20O4S/c1-4-5-9(2)6-7-13-8-10(3)14-15(11)12/h4,9-10,15H,1,5-8H2,2-3H3. The molecule has 0 saturated carbocycles. The summed E-state index contributed by atoms with van der Waals surface area (Å²) in [6, 6.07) is 0. The third-order valence-corrected chi connectivity index (χ3v) is 2.47. The summed E-state index contributed by atoms with van der Waals surface area (Å²) in [7, 11) is -2.77. The first-order chi connectivity index (χ1) is 7.06. The van der Waals surface area contributed by atoms with Crippen molar-refractivity contribution in [2.24, 2.45) is 5.92 Å². The number of hydrogen-bond donors (Lipinski definition) is 1. The van der Waals surface area contributed by atoms with Crippen LogP contribution in [0.1, 0.15) is 26.7 Å². The van der Waals surface area contributed by atoms with Gasteiger partial charge in [0.15, 0.2) is 0 Å². The van der Waals surface area contributed by atoms with Gasteiger partial charge in [-0.2, -0.15) is 0 Å². The third kappa shape index (κ3) is 9.90. The number of hydrogen-bond acceptors (Lipinski definition) is 4. The van der Waals surface area contributed by atoms with Gasteiger partial charge in [-0.15, -0.1) is 6.58 Å². The molecule has 0 aromatic rings. The van der Waals surface area contributed by atoms with E-state index in [1.165, 1.54) is 0 Å². The molecule has 0 saturated heterocycles. The van der Waals surface area contributed by atoms with Gasteiger partial charge < -0.3 is 4.74 Å². The van der Waals surface area contributed by atoms with Gasteiger partial charge in [-0.25, -0.2) is 8.42 Å². The highest BCUT2D eigenvalue weighted by Crippen LogP contribution is 2.07. The lowest BCUT2D eigenvalue weighted by atomic mass is 10.1. The molecular formula is C10H20O4S. The van der Waals surface area contributed by atoms with Crippen molar-refractivity contribution in [1.29, 1.82) is 0 Å². The van der Waals surface area contributed by atoms with Gasteiger partial charge in [0, 0.05) is 6.61 Å². The summed E-state index contributed by atoms with van der Waals surface area (Å²) in [6.07, 6.45) is 3.41. The van der Waals surface area contributed by atoms with E-state index in [9.17, 15) is 8.42 Å². The zero-order chi connectivity index (χ0) is 11.7. The van der Waals surface area contributed by atoms with Crippen LogP contribution in [0, 0.1) is 5.92 Å². The minimum absolute atomic E-state index is 0.310. The fourth-order valence-electron chi connectivity index (χ4n) is 1.11. The first kappa shape index (κ1) is 14.6. The summed E-state index contributed by atoms with van der Waals surface area (Å²) in [6.45, 7) is 8.38. The normalized spacial score (nSPS) is 15.1. The molecule has 5 heteroatoms. The molecule has 15 heavy (non-hydrogen) atoms. The molecule has 0 spiro atoms. The minimum atomic E-state index is -2.77. The second kappa shape index (κ2) is 8.88. The Balaban J connectivity index is 3.41. The maximum Gasteiger partial charge on any atom is 0.257 e. The maximum absolute atomic E-state index is 10.2. The van der Waals surface area contributed by atoms with E-state index in [2.05, 4.69) is 17.7 Å². The molecule has 0 aliphatic carbocycles. The molecule has 2 atom stereocenters. The van der Waals surface area contributed by atoms with Crippen LogP contribution in [0.4, 0.5) is 0 Å². The van der Waals surface area contributed by atoms with Gasteiger partial charge in [-0.05, 0) is 25.7 Å². The average molecular weight is 236 g/mol. The van der Waals surface area contributed by atoms with Crippen LogP contribution in [0.5, 0.6) is 0 Å². The first-order valence-corrected chi connectivity index (χ1v) is 6.15. The van der Waals surface area contributed by atoms with E-state index in [1.54, 1.807) is 6.92 Å². The molecule has 0 aromatic carbocycles. The Hall–Kier alpha value is -0.390. The Kier molecular flexibility index (Phi) is 8.65. The van der Waals surface area contributed by atoms with Crippen LogP contribution in [0.3, 0.4) is 0 Å². The van der Waals surface area contributed by atoms with Crippen LogP contribution in [-0.2, 0) is 19.9 Å². The van der Waals surface area contributed by atoms with Gasteiger partial charge in [0.2, 0.25) is 0 Å². The summed E-state index contributed by atoms with van der Waals surface area (Å²) in [4.78, 5) is 0. The van der Waals surface area contributed by atoms with Crippen LogP contribution in [-0.4, -0.2) is 27.7 Å². The molecule has 0 aliphatic heterocycles. The number of ether oxygens (including phenoxy) is 1. The molecule has 0 fully saturated rings. The Labute approximate surface area is 93.4 Å². The molecule has 0 amide bonds. The number of thiol groups is 1. The molecule has 0 bridgehead atoms. The van der Waals surface area contributed by atoms with E-state index in [0.29, 0.717) is 19.1 Å². The summed E-state index contributed by atoms with van der Waals surface area (Å²) >= 11 is 0. The zero-order valence-electron chi connectivity index (χ0n) is 9.35. The maximum atomic E-state index is 10.2. The Morgan fingerprint density at radius 1 is 1.40 bits per heavy atom. The number of allylic oxidation sites excluding steroid dienone is 1. The van der Waals surface area contributed by atoms with Crippen molar-refractivity contribution in [2.75, 3.05) is 13.2 Å². The molecule has 0 rings (SSSR count). The van der Waals surface area contributed by atoms with Crippen molar-refractivity contribution < 1.29 is 17.3 Å². The van der Waals surface area contributed by atoms with E-state index in [4.69, 9.17) is 4.74 Å². The average Bonchev–Trinajstić information content (AvgIpc) is 2.12. The van der Waals surface area contributed by atoms with Gasteiger partial charge in [0.25, 0.3) is 11.0 Å². The van der Waals surface area contributed by atoms with Crippen LogP contribution >= 0.6 is 0 Å². The van der Waals surface area contributed by atoms with E-state index in [0.717, 1.165) is 12.8 Å². The topological polar surface area (TPSA) is 52.6 Å². The zero-order valence-corrected chi connectivity index (χ0v) is 10.2. The highest BCUT2D eigenvalue weighted by Gasteiger charge is 2.04. The third-order valence-electron chi connectivity index (χ3n) is 1.94. The molecule has 0 heterocycles. The highest BCUT2D eigenvalue weighted by molar-refractivity contribution is 7.67. The molecular weight excluding hydrogens is 216 g/mol. The van der Waals surface area contributed by atoms with Crippen molar-refractivity contribution >= 4 is 11.0 Å². The summed E-state index contributed by atoms with van der Waals surface area (Å²) < 4.78 is 30.2. The van der Waals surface area contributed by atoms with Gasteiger partial charge in [0.1, 0.15) is 0 Å². The number of rotatable bonds is 9. The monoisotopic (exact) mass is 236 g/mol. The fraction of sp³-hybridized carbons (Fsp3) is 0.800. The molecule has 90 valence electrons. The van der Waals surface area contributed by atoms with E-state index < -0.39 is 17.1 Å². The highest BCUT2D eigenvalue weighted by atomic mass is 32.2. The predicted octanol–water partition coefficient (Wildman–Crippen LogP) is 1.54. The molecule has 0 aromatic heterocycles.